The maximum Gasteiger partial charge on any atom is 0.162 e. The Morgan fingerprint density at radius 1 is 1.18 bits per heavy atom. The van der Waals surface area contributed by atoms with E-state index in [2.05, 4.69) is 70.5 Å². The highest BCUT2D eigenvalue weighted by atomic mass is 16.5. The Hall–Kier alpha value is -3.42. The van der Waals surface area contributed by atoms with Crippen LogP contribution < -0.4 is 10.6 Å². The summed E-state index contributed by atoms with van der Waals surface area (Å²) in [7, 11) is 0. The van der Waals surface area contributed by atoms with Crippen LogP contribution in [0.25, 0.3) is 22.4 Å². The van der Waals surface area contributed by atoms with E-state index < -0.39 is 0 Å². The molecule has 0 spiro atoms. The Morgan fingerprint density at radius 2 is 2.03 bits per heavy atom. The lowest BCUT2D eigenvalue weighted by Crippen LogP contribution is -2.17. The smallest absolute Gasteiger partial charge is 0.162 e. The molecule has 38 heavy (non-hydrogen) atoms. The molecule has 0 radical (unpaired) electrons. The molecule has 4 N–H and O–H groups in total. The van der Waals surface area contributed by atoms with Crippen molar-refractivity contribution in [2.75, 3.05) is 13.1 Å². The molecule has 3 heterocycles. The second kappa shape index (κ2) is 12.4. The van der Waals surface area contributed by atoms with Crippen LogP contribution in [-0.2, 0) is 13.0 Å². The molecule has 5 rings (SSSR count). The van der Waals surface area contributed by atoms with Crippen LogP contribution in [0.5, 0.6) is 0 Å². The van der Waals surface area contributed by atoms with Gasteiger partial charge < -0.3 is 20.8 Å². The van der Waals surface area contributed by atoms with Crippen molar-refractivity contribution in [1.29, 1.82) is 0 Å². The topological polar surface area (TPSA) is 90.8 Å². The molecule has 7 nitrogen and oxygen atoms in total. The highest BCUT2D eigenvalue weighted by molar-refractivity contribution is 5.79. The van der Waals surface area contributed by atoms with Gasteiger partial charge in [0.1, 0.15) is 5.82 Å². The number of nitrogens with one attached hydrogen (secondary N) is 3. The number of fused-ring (bicyclic) bond motifs is 1. The predicted molar refractivity (Wildman–Crippen MR) is 154 cm³/mol. The van der Waals surface area contributed by atoms with Crippen LogP contribution >= 0.6 is 0 Å². The molecule has 1 aliphatic carbocycles. The standard InChI is InChI=1S/C31H40N6O/c1-3-18-32-21-29-34-20-27(35-29)24-15-13-23(14-16-24)22(4-2)12-17-25-9-6-5-7-11-28-30(25)36-31(37(28)38)26-10-8-19-33-26/h4,12-17,20,26,32-33,38H,2-3,5-11,18-19,21H2,1H3,(H,34,35)/b22-12+,25-17+/t26-/m0/s1. The number of hydrogen-bond donors (Lipinski definition) is 4. The van der Waals surface area contributed by atoms with Gasteiger partial charge in [-0.3, -0.25) is 0 Å². The van der Waals surface area contributed by atoms with E-state index in [4.69, 9.17) is 4.98 Å². The van der Waals surface area contributed by atoms with Gasteiger partial charge in [0.15, 0.2) is 5.82 Å². The van der Waals surface area contributed by atoms with Gasteiger partial charge in [0.2, 0.25) is 0 Å². The fourth-order valence-corrected chi connectivity index (χ4v) is 5.44. The van der Waals surface area contributed by atoms with Crippen molar-refractivity contribution in [3.8, 4) is 11.3 Å². The van der Waals surface area contributed by atoms with Crippen LogP contribution in [0.15, 0.2) is 55.3 Å². The Morgan fingerprint density at radius 3 is 2.79 bits per heavy atom. The minimum absolute atomic E-state index is 0.130. The average molecular weight is 513 g/mol. The van der Waals surface area contributed by atoms with Crippen molar-refractivity contribution in [2.24, 2.45) is 0 Å². The third-order valence-corrected chi connectivity index (χ3v) is 7.57. The van der Waals surface area contributed by atoms with E-state index in [-0.39, 0.29) is 6.04 Å². The monoisotopic (exact) mass is 512 g/mol. The molecule has 1 aliphatic heterocycles. The summed E-state index contributed by atoms with van der Waals surface area (Å²) in [5, 5.41) is 17.9. The van der Waals surface area contributed by atoms with E-state index in [1.165, 1.54) is 10.3 Å². The minimum Gasteiger partial charge on any atom is -0.427 e. The molecule has 7 heteroatoms. The van der Waals surface area contributed by atoms with E-state index in [9.17, 15) is 5.21 Å². The summed E-state index contributed by atoms with van der Waals surface area (Å²) >= 11 is 0. The van der Waals surface area contributed by atoms with Gasteiger partial charge in [-0.05, 0) is 80.3 Å². The number of rotatable bonds is 9. The number of nitrogens with zero attached hydrogens (tertiary/aromatic N) is 3. The fraction of sp³-hybridized carbons (Fsp3) is 0.419. The van der Waals surface area contributed by atoms with Crippen LogP contribution in [0.3, 0.4) is 0 Å². The first-order valence-electron chi connectivity index (χ1n) is 14.1. The number of allylic oxidation sites excluding steroid dienone is 5. The Balaban J connectivity index is 1.38. The van der Waals surface area contributed by atoms with E-state index in [1.54, 1.807) is 0 Å². The molecule has 0 unspecified atom stereocenters. The molecule has 3 aromatic rings. The molecule has 0 amide bonds. The summed E-state index contributed by atoms with van der Waals surface area (Å²) in [6.45, 7) is 8.95. The van der Waals surface area contributed by atoms with Crippen molar-refractivity contribution in [3.63, 3.8) is 0 Å². The zero-order valence-electron chi connectivity index (χ0n) is 22.5. The molecule has 200 valence electrons. The van der Waals surface area contributed by atoms with Gasteiger partial charge in [0.25, 0.3) is 0 Å². The SMILES string of the molecule is C=C/C(=C\C=C1/CCCCCc2c1nc([C@@H]1CCCN1)n2O)c1ccc(-c2cnc(CNCCC)[nH]2)cc1. The van der Waals surface area contributed by atoms with Gasteiger partial charge >= 0.3 is 0 Å². The second-order valence-electron chi connectivity index (χ2n) is 10.3. The molecule has 2 aliphatic rings. The Kier molecular flexibility index (Phi) is 8.56. The fourth-order valence-electron chi connectivity index (χ4n) is 5.44. The number of aromatic amines is 1. The highest BCUT2D eigenvalue weighted by Gasteiger charge is 2.27. The normalized spacial score (nSPS) is 19.3. The van der Waals surface area contributed by atoms with Crippen molar-refractivity contribution in [1.82, 2.24) is 30.3 Å². The zero-order chi connectivity index (χ0) is 26.3. The molecule has 1 fully saturated rings. The minimum atomic E-state index is 0.130. The molecule has 0 saturated carbocycles. The number of H-pyrrole nitrogens is 1. The molecular formula is C31H40N6O. The molecule has 1 aromatic carbocycles. The first kappa shape index (κ1) is 26.2. The summed E-state index contributed by atoms with van der Waals surface area (Å²) in [6.07, 6.45) is 16.5. The second-order valence-corrected chi connectivity index (χ2v) is 10.3. The van der Waals surface area contributed by atoms with Crippen molar-refractivity contribution >= 4 is 11.1 Å². The first-order valence-corrected chi connectivity index (χ1v) is 14.1. The molecule has 2 aromatic heterocycles. The lowest BCUT2D eigenvalue weighted by molar-refractivity contribution is 0.160. The van der Waals surface area contributed by atoms with Crippen LogP contribution in [0, 0.1) is 0 Å². The summed E-state index contributed by atoms with van der Waals surface area (Å²) in [4.78, 5) is 12.9. The van der Waals surface area contributed by atoms with Crippen LogP contribution in [0.2, 0.25) is 0 Å². The van der Waals surface area contributed by atoms with Gasteiger partial charge in [0.05, 0.1) is 35.9 Å². The van der Waals surface area contributed by atoms with Crippen LogP contribution in [-0.4, -0.2) is 38.0 Å². The van der Waals surface area contributed by atoms with E-state index >= 15 is 0 Å². The lowest BCUT2D eigenvalue weighted by atomic mass is 9.95. The van der Waals surface area contributed by atoms with Gasteiger partial charge in [-0.25, -0.2) is 9.97 Å². The van der Waals surface area contributed by atoms with Gasteiger partial charge in [-0.2, -0.15) is 4.73 Å². The summed E-state index contributed by atoms with van der Waals surface area (Å²) in [5.74, 6) is 1.71. The van der Waals surface area contributed by atoms with Crippen LogP contribution in [0.1, 0.15) is 86.5 Å². The third kappa shape index (κ3) is 5.84. The highest BCUT2D eigenvalue weighted by Crippen LogP contribution is 2.33. The van der Waals surface area contributed by atoms with E-state index in [0.717, 1.165) is 116 Å². The van der Waals surface area contributed by atoms with Crippen molar-refractivity contribution in [2.45, 2.75) is 70.9 Å². The summed E-state index contributed by atoms with van der Waals surface area (Å²) in [6, 6.07) is 8.64. The number of hydrogen-bond acceptors (Lipinski definition) is 5. The van der Waals surface area contributed by atoms with Crippen molar-refractivity contribution < 1.29 is 5.21 Å². The van der Waals surface area contributed by atoms with E-state index in [1.807, 2.05) is 12.3 Å². The number of benzene rings is 1. The van der Waals surface area contributed by atoms with Gasteiger partial charge in [-0.15, -0.1) is 0 Å². The van der Waals surface area contributed by atoms with E-state index in [0.29, 0.717) is 0 Å². The molecule has 0 bridgehead atoms. The quantitative estimate of drug-likeness (QED) is 0.156. The lowest BCUT2D eigenvalue weighted by Gasteiger charge is -2.13. The zero-order valence-corrected chi connectivity index (χ0v) is 22.5. The number of imidazole rings is 2. The Labute approximate surface area is 225 Å². The third-order valence-electron chi connectivity index (χ3n) is 7.57. The maximum absolute atomic E-state index is 11.0. The molecule has 1 saturated heterocycles. The summed E-state index contributed by atoms with van der Waals surface area (Å²) < 4.78 is 1.37. The Bertz CT molecular complexity index is 1290. The molecule has 1 atom stereocenters. The predicted octanol–water partition coefficient (Wildman–Crippen LogP) is 6.20. The first-order chi connectivity index (χ1) is 18.7. The summed E-state index contributed by atoms with van der Waals surface area (Å²) in [5.41, 5.74) is 7.38. The van der Waals surface area contributed by atoms with Crippen LogP contribution in [0.4, 0.5) is 0 Å². The average Bonchev–Trinajstić information content (AvgIpc) is 3.68. The number of aromatic nitrogens is 4. The maximum atomic E-state index is 11.0. The van der Waals surface area contributed by atoms with Crippen molar-refractivity contribution in [3.05, 3.63) is 83.9 Å². The largest absolute Gasteiger partial charge is 0.427 e. The van der Waals surface area contributed by atoms with Gasteiger partial charge in [-0.1, -0.05) is 62.4 Å². The van der Waals surface area contributed by atoms with Gasteiger partial charge in [0, 0.05) is 0 Å². The molecular weight excluding hydrogens is 472 g/mol.